The molecular formula is C12H18N2O3S. The minimum Gasteiger partial charge on any atom is -0.465 e. The largest absolute Gasteiger partial charge is 0.465 e. The van der Waals surface area contributed by atoms with Crippen LogP contribution < -0.4 is 11.1 Å². The summed E-state index contributed by atoms with van der Waals surface area (Å²) in [4.78, 5) is 23.5. The van der Waals surface area contributed by atoms with Gasteiger partial charge in [0.15, 0.2) is 5.78 Å². The van der Waals surface area contributed by atoms with E-state index in [4.69, 9.17) is 10.5 Å². The van der Waals surface area contributed by atoms with E-state index in [1.54, 1.807) is 0 Å². The second-order valence-electron chi connectivity index (χ2n) is 3.88. The summed E-state index contributed by atoms with van der Waals surface area (Å²) in [6.45, 7) is 4.24. The van der Waals surface area contributed by atoms with Crippen molar-refractivity contribution >= 4 is 33.8 Å². The zero-order valence-electron chi connectivity index (χ0n) is 10.8. The highest BCUT2D eigenvalue weighted by Crippen LogP contribution is 2.36. The highest BCUT2D eigenvalue weighted by atomic mass is 32.1. The average molecular weight is 270 g/mol. The van der Waals surface area contributed by atoms with Crippen LogP contribution in [0, 0.1) is 0 Å². The second kappa shape index (κ2) is 6.39. The normalized spacial score (nSPS) is 10.2. The summed E-state index contributed by atoms with van der Waals surface area (Å²) in [7, 11) is 1.29. The minimum atomic E-state index is -0.518. The Morgan fingerprint density at radius 2 is 2.11 bits per heavy atom. The Bertz CT molecular complexity index is 454. The van der Waals surface area contributed by atoms with E-state index in [1.807, 2.05) is 0 Å². The van der Waals surface area contributed by atoms with Crippen LogP contribution in [-0.4, -0.2) is 25.4 Å². The Balaban J connectivity index is 3.09. The van der Waals surface area contributed by atoms with Crippen LogP contribution in [0.25, 0.3) is 0 Å². The Labute approximate surface area is 110 Å². The molecule has 0 aliphatic rings. The van der Waals surface area contributed by atoms with Crippen molar-refractivity contribution < 1.29 is 14.3 Å². The van der Waals surface area contributed by atoms with Crippen molar-refractivity contribution in [3.8, 4) is 0 Å². The molecule has 0 aliphatic heterocycles. The van der Waals surface area contributed by atoms with Crippen LogP contribution in [0.4, 0.5) is 10.7 Å². The predicted molar refractivity (Wildman–Crippen MR) is 73.5 cm³/mol. The van der Waals surface area contributed by atoms with Gasteiger partial charge in [-0.1, -0.05) is 13.3 Å². The standard InChI is InChI=1S/C12H18N2O3S/c1-4-5-6-14-11-8(12(16)17-3)9(13)10(18-11)7(2)15/h14H,4-6,13H2,1-3H3. The van der Waals surface area contributed by atoms with Crippen molar-refractivity contribution in [3.63, 3.8) is 0 Å². The molecule has 0 bridgehead atoms. The van der Waals surface area contributed by atoms with Crippen LogP contribution in [0.1, 0.15) is 46.7 Å². The van der Waals surface area contributed by atoms with E-state index in [0.717, 1.165) is 19.4 Å². The SMILES string of the molecule is CCCCNc1sc(C(C)=O)c(N)c1C(=O)OC. The number of unbranched alkanes of at least 4 members (excludes halogenated alkanes) is 1. The molecule has 0 fully saturated rings. The molecule has 100 valence electrons. The van der Waals surface area contributed by atoms with Gasteiger partial charge in [-0.15, -0.1) is 11.3 Å². The van der Waals surface area contributed by atoms with Gasteiger partial charge in [-0.2, -0.15) is 0 Å². The number of nitrogen functional groups attached to an aromatic ring is 1. The van der Waals surface area contributed by atoms with Gasteiger partial charge in [-0.05, 0) is 6.42 Å². The Morgan fingerprint density at radius 3 is 2.61 bits per heavy atom. The molecule has 1 heterocycles. The van der Waals surface area contributed by atoms with Crippen LogP contribution >= 0.6 is 11.3 Å². The number of rotatable bonds is 6. The third kappa shape index (κ3) is 3.01. The summed E-state index contributed by atoms with van der Waals surface area (Å²) in [5, 5.41) is 3.74. The minimum absolute atomic E-state index is 0.147. The first kappa shape index (κ1) is 14.5. The van der Waals surface area contributed by atoms with Gasteiger partial charge in [-0.25, -0.2) is 4.79 Å². The lowest BCUT2D eigenvalue weighted by molar-refractivity contribution is 0.0603. The van der Waals surface area contributed by atoms with Gasteiger partial charge in [0.05, 0.1) is 17.7 Å². The summed E-state index contributed by atoms with van der Waals surface area (Å²) in [5.41, 5.74) is 6.31. The van der Waals surface area contributed by atoms with Crippen molar-refractivity contribution in [1.29, 1.82) is 0 Å². The zero-order valence-corrected chi connectivity index (χ0v) is 11.6. The number of carbonyl (C=O) groups is 2. The van der Waals surface area contributed by atoms with E-state index in [2.05, 4.69) is 12.2 Å². The number of esters is 1. The molecule has 5 nitrogen and oxygen atoms in total. The lowest BCUT2D eigenvalue weighted by atomic mass is 10.2. The molecule has 18 heavy (non-hydrogen) atoms. The topological polar surface area (TPSA) is 81.4 Å². The van der Waals surface area contributed by atoms with Crippen LogP contribution in [-0.2, 0) is 4.74 Å². The summed E-state index contributed by atoms with van der Waals surface area (Å²) >= 11 is 1.20. The smallest absolute Gasteiger partial charge is 0.343 e. The lowest BCUT2D eigenvalue weighted by Gasteiger charge is -2.05. The van der Waals surface area contributed by atoms with Gasteiger partial charge in [0.1, 0.15) is 10.6 Å². The molecule has 1 aromatic heterocycles. The lowest BCUT2D eigenvalue weighted by Crippen LogP contribution is -2.09. The van der Waals surface area contributed by atoms with Crippen molar-refractivity contribution in [1.82, 2.24) is 0 Å². The first-order valence-corrected chi connectivity index (χ1v) is 6.59. The Kier molecular flexibility index (Phi) is 5.15. The Morgan fingerprint density at radius 1 is 1.44 bits per heavy atom. The van der Waals surface area contributed by atoms with Crippen molar-refractivity contribution in [2.24, 2.45) is 0 Å². The van der Waals surface area contributed by atoms with E-state index in [0.29, 0.717) is 9.88 Å². The van der Waals surface area contributed by atoms with E-state index >= 15 is 0 Å². The van der Waals surface area contributed by atoms with Crippen molar-refractivity contribution in [2.45, 2.75) is 26.7 Å². The molecule has 0 unspecified atom stereocenters. The molecule has 0 atom stereocenters. The summed E-state index contributed by atoms with van der Waals surface area (Å²) in [6.07, 6.45) is 2.02. The van der Waals surface area contributed by atoms with Crippen LogP contribution in [0.3, 0.4) is 0 Å². The predicted octanol–water partition coefficient (Wildman–Crippen LogP) is 2.53. The van der Waals surface area contributed by atoms with E-state index in [1.165, 1.54) is 25.4 Å². The number of ether oxygens (including phenoxy) is 1. The van der Waals surface area contributed by atoms with Gasteiger partial charge in [0.25, 0.3) is 0 Å². The van der Waals surface area contributed by atoms with Gasteiger partial charge < -0.3 is 15.8 Å². The number of ketones is 1. The third-order valence-corrected chi connectivity index (χ3v) is 3.73. The van der Waals surface area contributed by atoms with Crippen molar-refractivity contribution in [2.75, 3.05) is 24.7 Å². The molecule has 0 saturated heterocycles. The number of nitrogens with one attached hydrogen (secondary N) is 1. The number of methoxy groups -OCH3 is 1. The van der Waals surface area contributed by atoms with E-state index in [9.17, 15) is 9.59 Å². The van der Waals surface area contributed by atoms with Gasteiger partial charge in [0.2, 0.25) is 0 Å². The molecule has 0 saturated carbocycles. The summed E-state index contributed by atoms with van der Waals surface area (Å²) < 4.78 is 4.69. The molecule has 3 N–H and O–H groups in total. The first-order chi connectivity index (χ1) is 8.52. The van der Waals surface area contributed by atoms with E-state index in [-0.39, 0.29) is 17.0 Å². The highest BCUT2D eigenvalue weighted by Gasteiger charge is 2.24. The molecule has 6 heteroatoms. The molecular weight excluding hydrogens is 252 g/mol. The number of carbonyl (C=O) groups excluding carboxylic acids is 2. The molecule has 1 rings (SSSR count). The maximum atomic E-state index is 11.7. The van der Waals surface area contributed by atoms with Crippen molar-refractivity contribution in [3.05, 3.63) is 10.4 Å². The van der Waals surface area contributed by atoms with Gasteiger partial charge in [0, 0.05) is 13.5 Å². The van der Waals surface area contributed by atoms with Gasteiger partial charge >= 0.3 is 5.97 Å². The molecule has 0 radical (unpaired) electrons. The number of nitrogens with two attached hydrogens (primary N) is 1. The monoisotopic (exact) mass is 270 g/mol. The number of anilines is 2. The van der Waals surface area contributed by atoms with Crippen LogP contribution in [0.5, 0.6) is 0 Å². The summed E-state index contributed by atoms with van der Waals surface area (Å²) in [6, 6.07) is 0. The molecule has 0 aromatic carbocycles. The molecule has 0 spiro atoms. The third-order valence-electron chi connectivity index (χ3n) is 2.47. The second-order valence-corrected chi connectivity index (χ2v) is 4.90. The number of hydrogen-bond donors (Lipinski definition) is 2. The van der Waals surface area contributed by atoms with E-state index < -0.39 is 5.97 Å². The average Bonchev–Trinajstić information content (AvgIpc) is 2.66. The van der Waals surface area contributed by atoms with Crippen LogP contribution in [0.15, 0.2) is 0 Å². The quantitative estimate of drug-likeness (QED) is 0.471. The first-order valence-electron chi connectivity index (χ1n) is 5.78. The maximum Gasteiger partial charge on any atom is 0.343 e. The van der Waals surface area contributed by atoms with Gasteiger partial charge in [-0.3, -0.25) is 4.79 Å². The molecule has 1 aromatic rings. The fourth-order valence-corrected chi connectivity index (χ4v) is 2.54. The number of hydrogen-bond acceptors (Lipinski definition) is 6. The van der Waals surface area contributed by atoms with Crippen LogP contribution in [0.2, 0.25) is 0 Å². The number of thiophene rings is 1. The zero-order chi connectivity index (χ0) is 13.7. The maximum absolute atomic E-state index is 11.7. The number of Topliss-reactive ketones (excluding diaryl/α,β-unsaturated/α-hetero) is 1. The fraction of sp³-hybridized carbons (Fsp3) is 0.500. The molecule has 0 amide bonds. The fourth-order valence-electron chi connectivity index (χ4n) is 1.51. The Hall–Kier alpha value is -1.56. The molecule has 0 aliphatic carbocycles. The highest BCUT2D eigenvalue weighted by molar-refractivity contribution is 7.19. The summed E-state index contributed by atoms with van der Waals surface area (Å²) in [5.74, 6) is -0.665.